The van der Waals surface area contributed by atoms with Crippen molar-refractivity contribution in [2.24, 2.45) is 0 Å². The fourth-order valence-electron chi connectivity index (χ4n) is 2.68. The average Bonchev–Trinajstić information content (AvgIpc) is 2.74. The van der Waals surface area contributed by atoms with Gasteiger partial charge in [0.2, 0.25) is 0 Å². The molecule has 0 spiro atoms. The number of carbonyl (C=O) groups excluding carboxylic acids is 1. The van der Waals surface area contributed by atoms with Gasteiger partial charge < -0.3 is 20.1 Å². The molecule has 0 radical (unpaired) electrons. The average molecular weight is 378 g/mol. The van der Waals surface area contributed by atoms with Gasteiger partial charge in [-0.25, -0.2) is 0 Å². The summed E-state index contributed by atoms with van der Waals surface area (Å²) in [5, 5.41) is 14.2. The SMILES string of the molecule is COc1ccc(OC)c(NC(=O)c2ccc(NC(C)c3ccccc3)nn2)c1. The molecule has 0 aliphatic heterocycles. The van der Waals surface area contributed by atoms with E-state index in [9.17, 15) is 4.79 Å². The van der Waals surface area contributed by atoms with Crippen molar-refractivity contribution in [2.45, 2.75) is 13.0 Å². The standard InChI is InChI=1S/C21H22N4O3/c1-14(15-7-5-4-6-8-15)22-20-12-10-17(24-25-20)21(26)23-18-13-16(27-2)9-11-19(18)28-3/h4-14H,1-3H3,(H,22,25)(H,23,26). The summed E-state index contributed by atoms with van der Waals surface area (Å²) in [6, 6.07) is 18.6. The first kappa shape index (κ1) is 19.2. The van der Waals surface area contributed by atoms with Crippen LogP contribution < -0.4 is 20.1 Å². The molecule has 0 saturated heterocycles. The van der Waals surface area contributed by atoms with Crippen molar-refractivity contribution in [1.82, 2.24) is 10.2 Å². The van der Waals surface area contributed by atoms with E-state index >= 15 is 0 Å². The Morgan fingerprint density at radius 3 is 2.39 bits per heavy atom. The zero-order valence-electron chi connectivity index (χ0n) is 16.0. The van der Waals surface area contributed by atoms with Gasteiger partial charge in [-0.2, -0.15) is 0 Å². The number of methoxy groups -OCH3 is 2. The molecular weight excluding hydrogens is 356 g/mol. The normalized spacial score (nSPS) is 11.4. The summed E-state index contributed by atoms with van der Waals surface area (Å²) in [4.78, 5) is 12.5. The monoisotopic (exact) mass is 378 g/mol. The molecule has 3 aromatic rings. The molecule has 1 unspecified atom stereocenters. The van der Waals surface area contributed by atoms with Crippen molar-refractivity contribution >= 4 is 17.4 Å². The van der Waals surface area contributed by atoms with Crippen LogP contribution in [0, 0.1) is 0 Å². The van der Waals surface area contributed by atoms with Crippen molar-refractivity contribution in [3.05, 3.63) is 71.9 Å². The van der Waals surface area contributed by atoms with Gasteiger partial charge in [-0.3, -0.25) is 4.79 Å². The van der Waals surface area contributed by atoms with Crippen LogP contribution in [0.4, 0.5) is 11.5 Å². The van der Waals surface area contributed by atoms with Crippen LogP contribution in [0.5, 0.6) is 11.5 Å². The molecule has 7 nitrogen and oxygen atoms in total. The maximum absolute atomic E-state index is 12.5. The molecule has 1 amide bonds. The zero-order chi connectivity index (χ0) is 19.9. The summed E-state index contributed by atoms with van der Waals surface area (Å²) in [7, 11) is 3.09. The van der Waals surface area contributed by atoms with Crippen LogP contribution in [-0.2, 0) is 0 Å². The van der Waals surface area contributed by atoms with Crippen LogP contribution >= 0.6 is 0 Å². The first-order chi connectivity index (χ1) is 13.6. The maximum Gasteiger partial charge on any atom is 0.276 e. The number of nitrogens with one attached hydrogen (secondary N) is 2. The Morgan fingerprint density at radius 2 is 1.75 bits per heavy atom. The first-order valence-electron chi connectivity index (χ1n) is 8.79. The highest BCUT2D eigenvalue weighted by atomic mass is 16.5. The summed E-state index contributed by atoms with van der Waals surface area (Å²) >= 11 is 0. The second kappa shape index (κ2) is 8.85. The van der Waals surface area contributed by atoms with Crippen LogP contribution in [-0.4, -0.2) is 30.3 Å². The van der Waals surface area contributed by atoms with Crippen molar-refractivity contribution in [3.8, 4) is 11.5 Å². The molecule has 1 heterocycles. The van der Waals surface area contributed by atoms with E-state index < -0.39 is 0 Å². The highest BCUT2D eigenvalue weighted by Gasteiger charge is 2.13. The minimum atomic E-state index is -0.387. The lowest BCUT2D eigenvalue weighted by atomic mass is 10.1. The van der Waals surface area contributed by atoms with E-state index in [2.05, 4.69) is 20.8 Å². The van der Waals surface area contributed by atoms with Gasteiger partial charge >= 0.3 is 0 Å². The van der Waals surface area contributed by atoms with E-state index in [4.69, 9.17) is 9.47 Å². The molecule has 1 atom stereocenters. The van der Waals surface area contributed by atoms with E-state index in [0.717, 1.165) is 5.56 Å². The van der Waals surface area contributed by atoms with Gasteiger partial charge in [0.1, 0.15) is 17.3 Å². The summed E-state index contributed by atoms with van der Waals surface area (Å²) in [5.74, 6) is 1.34. The van der Waals surface area contributed by atoms with E-state index in [0.29, 0.717) is 23.0 Å². The number of aromatic nitrogens is 2. The number of amides is 1. The molecular formula is C21H22N4O3. The van der Waals surface area contributed by atoms with E-state index in [1.807, 2.05) is 37.3 Å². The topological polar surface area (TPSA) is 85.4 Å². The fourth-order valence-corrected chi connectivity index (χ4v) is 2.68. The lowest BCUT2D eigenvalue weighted by Crippen LogP contribution is -2.16. The van der Waals surface area contributed by atoms with E-state index in [1.165, 1.54) is 7.11 Å². The summed E-state index contributed by atoms with van der Waals surface area (Å²) < 4.78 is 10.5. The van der Waals surface area contributed by atoms with Crippen molar-refractivity contribution in [1.29, 1.82) is 0 Å². The van der Waals surface area contributed by atoms with Gasteiger partial charge in [-0.1, -0.05) is 30.3 Å². The number of benzene rings is 2. The fraction of sp³-hybridized carbons (Fsp3) is 0.190. The van der Waals surface area contributed by atoms with Gasteiger partial charge in [-0.15, -0.1) is 10.2 Å². The molecule has 0 aliphatic carbocycles. The van der Waals surface area contributed by atoms with Crippen LogP contribution in [0.25, 0.3) is 0 Å². The van der Waals surface area contributed by atoms with Gasteiger partial charge in [0.15, 0.2) is 5.69 Å². The quantitative estimate of drug-likeness (QED) is 0.648. The Kier molecular flexibility index (Phi) is 6.06. The van der Waals surface area contributed by atoms with Crippen LogP contribution in [0.15, 0.2) is 60.7 Å². The lowest BCUT2D eigenvalue weighted by Gasteiger charge is -2.14. The van der Waals surface area contributed by atoms with Gasteiger partial charge in [0, 0.05) is 12.1 Å². The molecule has 28 heavy (non-hydrogen) atoms. The Bertz CT molecular complexity index is 930. The second-order valence-corrected chi connectivity index (χ2v) is 6.10. The first-order valence-corrected chi connectivity index (χ1v) is 8.79. The van der Waals surface area contributed by atoms with Crippen LogP contribution in [0.3, 0.4) is 0 Å². The minimum absolute atomic E-state index is 0.0659. The Labute approximate surface area is 163 Å². The van der Waals surface area contributed by atoms with Crippen molar-refractivity contribution in [2.75, 3.05) is 24.9 Å². The third kappa shape index (κ3) is 4.56. The molecule has 2 N–H and O–H groups in total. The largest absolute Gasteiger partial charge is 0.497 e. The van der Waals surface area contributed by atoms with Crippen LogP contribution in [0.1, 0.15) is 29.0 Å². The number of ether oxygens (including phenoxy) is 2. The summed E-state index contributed by atoms with van der Waals surface area (Å²) in [6.45, 7) is 2.03. The number of rotatable bonds is 7. The number of nitrogens with zero attached hydrogens (tertiary/aromatic N) is 2. The van der Waals surface area contributed by atoms with E-state index in [1.54, 1.807) is 37.4 Å². The third-order valence-electron chi connectivity index (χ3n) is 4.22. The van der Waals surface area contributed by atoms with Crippen molar-refractivity contribution in [3.63, 3.8) is 0 Å². The van der Waals surface area contributed by atoms with Gasteiger partial charge in [0.05, 0.1) is 19.9 Å². The summed E-state index contributed by atoms with van der Waals surface area (Å²) in [5.41, 5.74) is 1.83. The molecule has 7 heteroatoms. The predicted octanol–water partition coefficient (Wildman–Crippen LogP) is 3.92. The molecule has 0 aliphatic rings. The molecule has 144 valence electrons. The van der Waals surface area contributed by atoms with Gasteiger partial charge in [0.25, 0.3) is 5.91 Å². The Balaban J connectivity index is 1.69. The second-order valence-electron chi connectivity index (χ2n) is 6.10. The molecule has 3 rings (SSSR count). The predicted molar refractivity (Wildman–Crippen MR) is 108 cm³/mol. The third-order valence-corrected chi connectivity index (χ3v) is 4.22. The lowest BCUT2D eigenvalue weighted by molar-refractivity contribution is 0.102. The number of hydrogen-bond donors (Lipinski definition) is 2. The highest BCUT2D eigenvalue weighted by Crippen LogP contribution is 2.29. The molecule has 0 bridgehead atoms. The zero-order valence-corrected chi connectivity index (χ0v) is 16.0. The highest BCUT2D eigenvalue weighted by molar-refractivity contribution is 6.03. The number of carbonyl (C=O) groups is 1. The molecule has 0 saturated carbocycles. The molecule has 0 fully saturated rings. The Hall–Kier alpha value is -3.61. The minimum Gasteiger partial charge on any atom is -0.497 e. The van der Waals surface area contributed by atoms with Gasteiger partial charge in [-0.05, 0) is 36.8 Å². The molecule has 1 aromatic heterocycles. The van der Waals surface area contributed by atoms with E-state index in [-0.39, 0.29) is 17.6 Å². The summed E-state index contributed by atoms with van der Waals surface area (Å²) in [6.07, 6.45) is 0. The Morgan fingerprint density at radius 1 is 0.964 bits per heavy atom. The van der Waals surface area contributed by atoms with Crippen molar-refractivity contribution < 1.29 is 14.3 Å². The smallest absolute Gasteiger partial charge is 0.276 e. The van der Waals surface area contributed by atoms with Crippen LogP contribution in [0.2, 0.25) is 0 Å². The number of hydrogen-bond acceptors (Lipinski definition) is 6. The number of anilines is 2. The molecule has 2 aromatic carbocycles. The maximum atomic E-state index is 12.5.